The topological polar surface area (TPSA) is 35.6 Å². The number of carbonyl (C=O) groups is 1. The lowest BCUT2D eigenvalue weighted by Crippen LogP contribution is -2.48. The van der Waals surface area contributed by atoms with Crippen molar-refractivity contribution < 1.29 is 4.79 Å². The van der Waals surface area contributed by atoms with Gasteiger partial charge in [0.05, 0.1) is 0 Å². The van der Waals surface area contributed by atoms with Gasteiger partial charge in [0.1, 0.15) is 0 Å². The summed E-state index contributed by atoms with van der Waals surface area (Å²) in [6.07, 6.45) is 0. The molecule has 1 heterocycles. The molecular formula is C20H24ClN3O. The number of nitrogens with one attached hydrogen (secondary N) is 1. The minimum Gasteiger partial charge on any atom is -0.368 e. The average molecular weight is 358 g/mol. The van der Waals surface area contributed by atoms with Crippen molar-refractivity contribution >= 4 is 23.2 Å². The van der Waals surface area contributed by atoms with Crippen molar-refractivity contribution in [3.8, 4) is 0 Å². The van der Waals surface area contributed by atoms with Crippen LogP contribution in [0.25, 0.3) is 0 Å². The lowest BCUT2D eigenvalue weighted by atomic mass is 10.1. The van der Waals surface area contributed by atoms with Gasteiger partial charge in [-0.1, -0.05) is 30.7 Å². The minimum absolute atomic E-state index is 0.116. The van der Waals surface area contributed by atoms with Crippen LogP contribution in [0.2, 0.25) is 5.02 Å². The first-order valence-electron chi connectivity index (χ1n) is 8.77. The molecule has 1 amide bonds. The lowest BCUT2D eigenvalue weighted by molar-refractivity contribution is 0.0747. The van der Waals surface area contributed by atoms with Crippen molar-refractivity contribution in [1.29, 1.82) is 0 Å². The van der Waals surface area contributed by atoms with Crippen LogP contribution in [0.15, 0.2) is 48.5 Å². The van der Waals surface area contributed by atoms with Gasteiger partial charge in [-0.05, 0) is 48.5 Å². The third kappa shape index (κ3) is 4.53. The van der Waals surface area contributed by atoms with Gasteiger partial charge in [0.25, 0.3) is 5.91 Å². The molecule has 0 saturated carbocycles. The summed E-state index contributed by atoms with van der Waals surface area (Å²) >= 11 is 5.95. The van der Waals surface area contributed by atoms with Crippen LogP contribution in [0.4, 0.5) is 5.69 Å². The molecule has 0 aliphatic carbocycles. The van der Waals surface area contributed by atoms with E-state index in [4.69, 9.17) is 11.6 Å². The first-order valence-corrected chi connectivity index (χ1v) is 9.14. The predicted molar refractivity (Wildman–Crippen MR) is 103 cm³/mol. The van der Waals surface area contributed by atoms with E-state index in [1.165, 1.54) is 5.56 Å². The fraction of sp³-hybridized carbons (Fsp3) is 0.350. The second-order valence-electron chi connectivity index (χ2n) is 6.23. The zero-order chi connectivity index (χ0) is 17.6. The number of hydrogen-bond donors (Lipinski definition) is 1. The highest BCUT2D eigenvalue weighted by molar-refractivity contribution is 6.30. The summed E-state index contributed by atoms with van der Waals surface area (Å²) in [7, 11) is 0. The van der Waals surface area contributed by atoms with Gasteiger partial charge in [0, 0.05) is 49.0 Å². The van der Waals surface area contributed by atoms with Crippen LogP contribution in [-0.4, -0.2) is 43.5 Å². The summed E-state index contributed by atoms with van der Waals surface area (Å²) in [4.78, 5) is 16.9. The van der Waals surface area contributed by atoms with Gasteiger partial charge in [-0.25, -0.2) is 0 Å². The number of anilines is 1. The molecule has 5 heteroatoms. The van der Waals surface area contributed by atoms with Crippen molar-refractivity contribution in [1.82, 2.24) is 10.2 Å². The Balaban J connectivity index is 1.56. The second-order valence-corrected chi connectivity index (χ2v) is 6.67. The van der Waals surface area contributed by atoms with Gasteiger partial charge in [-0.2, -0.15) is 0 Å². The first-order chi connectivity index (χ1) is 12.2. The number of nitrogens with zero attached hydrogens (tertiary/aromatic N) is 2. The highest BCUT2D eigenvalue weighted by atomic mass is 35.5. The molecule has 3 rings (SSSR count). The van der Waals surface area contributed by atoms with Gasteiger partial charge < -0.3 is 15.1 Å². The lowest BCUT2D eigenvalue weighted by Gasteiger charge is -2.36. The number of amides is 1. The van der Waals surface area contributed by atoms with Crippen LogP contribution >= 0.6 is 11.6 Å². The molecule has 25 heavy (non-hydrogen) atoms. The van der Waals surface area contributed by atoms with Crippen LogP contribution in [0, 0.1) is 0 Å². The molecule has 0 spiro atoms. The molecule has 1 fully saturated rings. The third-order valence-electron chi connectivity index (χ3n) is 4.54. The zero-order valence-electron chi connectivity index (χ0n) is 14.5. The van der Waals surface area contributed by atoms with E-state index in [-0.39, 0.29) is 5.91 Å². The fourth-order valence-electron chi connectivity index (χ4n) is 3.04. The maximum Gasteiger partial charge on any atom is 0.253 e. The number of carbonyl (C=O) groups excluding carboxylic acids is 1. The van der Waals surface area contributed by atoms with E-state index in [1.807, 2.05) is 53.4 Å². The summed E-state index contributed by atoms with van der Waals surface area (Å²) in [5, 5.41) is 4.04. The van der Waals surface area contributed by atoms with Crippen molar-refractivity contribution in [2.45, 2.75) is 13.5 Å². The van der Waals surface area contributed by atoms with Gasteiger partial charge in [-0.15, -0.1) is 0 Å². The molecule has 0 unspecified atom stereocenters. The van der Waals surface area contributed by atoms with Crippen molar-refractivity contribution in [2.75, 3.05) is 37.6 Å². The average Bonchev–Trinajstić information content (AvgIpc) is 2.67. The maximum absolute atomic E-state index is 12.7. The summed E-state index contributed by atoms with van der Waals surface area (Å²) in [6, 6.07) is 15.8. The molecule has 2 aromatic carbocycles. The van der Waals surface area contributed by atoms with Crippen LogP contribution in [0.3, 0.4) is 0 Å². The van der Waals surface area contributed by atoms with Crippen molar-refractivity contribution in [2.24, 2.45) is 0 Å². The number of benzene rings is 2. The summed E-state index contributed by atoms with van der Waals surface area (Å²) in [5.74, 6) is 0.116. The Morgan fingerprint density at radius 2 is 1.64 bits per heavy atom. The second kappa shape index (κ2) is 8.37. The monoisotopic (exact) mass is 357 g/mol. The van der Waals surface area contributed by atoms with E-state index in [0.717, 1.165) is 55.5 Å². The van der Waals surface area contributed by atoms with Crippen LogP contribution < -0.4 is 10.2 Å². The van der Waals surface area contributed by atoms with Crippen LogP contribution in [-0.2, 0) is 6.54 Å². The molecule has 132 valence electrons. The molecule has 4 nitrogen and oxygen atoms in total. The van der Waals surface area contributed by atoms with Gasteiger partial charge >= 0.3 is 0 Å². The molecule has 1 aliphatic heterocycles. The molecule has 1 saturated heterocycles. The molecule has 0 radical (unpaired) electrons. The summed E-state index contributed by atoms with van der Waals surface area (Å²) in [6.45, 7) is 7.02. The Morgan fingerprint density at radius 1 is 1.00 bits per heavy atom. The zero-order valence-corrected chi connectivity index (χ0v) is 15.3. The van der Waals surface area contributed by atoms with Gasteiger partial charge in [0.2, 0.25) is 0 Å². The minimum atomic E-state index is 0.116. The molecule has 0 bridgehead atoms. The standard InChI is InChI=1S/C20H24ClN3O/c1-2-22-15-16-3-5-17(6-4-16)20(25)24-13-11-23(12-14-24)19-9-7-18(21)8-10-19/h3-10,22H,2,11-15H2,1H3. The highest BCUT2D eigenvalue weighted by Crippen LogP contribution is 2.20. The Labute approximate surface area is 154 Å². The van der Waals surface area contributed by atoms with Crippen molar-refractivity contribution in [3.63, 3.8) is 0 Å². The van der Waals surface area contributed by atoms with E-state index in [1.54, 1.807) is 0 Å². The number of hydrogen-bond acceptors (Lipinski definition) is 3. The molecule has 2 aromatic rings. The van der Waals surface area contributed by atoms with E-state index in [0.29, 0.717) is 0 Å². The quantitative estimate of drug-likeness (QED) is 0.890. The normalized spacial score (nSPS) is 14.6. The number of rotatable bonds is 5. The summed E-state index contributed by atoms with van der Waals surface area (Å²) in [5.41, 5.74) is 3.12. The molecule has 0 aromatic heterocycles. The SMILES string of the molecule is CCNCc1ccc(C(=O)N2CCN(c3ccc(Cl)cc3)CC2)cc1. The van der Waals surface area contributed by atoms with E-state index >= 15 is 0 Å². The Bertz CT molecular complexity index is 692. The van der Waals surface area contributed by atoms with E-state index in [9.17, 15) is 4.79 Å². The fourth-order valence-corrected chi connectivity index (χ4v) is 3.16. The third-order valence-corrected chi connectivity index (χ3v) is 4.79. The largest absolute Gasteiger partial charge is 0.368 e. The molecule has 1 N–H and O–H groups in total. The number of piperazine rings is 1. The Morgan fingerprint density at radius 3 is 2.24 bits per heavy atom. The predicted octanol–water partition coefficient (Wildman–Crippen LogP) is 3.41. The molecule has 1 aliphatic rings. The Hall–Kier alpha value is -2.04. The smallest absolute Gasteiger partial charge is 0.253 e. The van der Waals surface area contributed by atoms with E-state index < -0.39 is 0 Å². The first kappa shape index (κ1) is 17.8. The van der Waals surface area contributed by atoms with Crippen LogP contribution in [0.1, 0.15) is 22.8 Å². The Kier molecular flexibility index (Phi) is 5.95. The van der Waals surface area contributed by atoms with Gasteiger partial charge in [-0.3, -0.25) is 4.79 Å². The number of halogens is 1. The molecule has 0 atom stereocenters. The summed E-state index contributed by atoms with van der Waals surface area (Å²) < 4.78 is 0. The highest BCUT2D eigenvalue weighted by Gasteiger charge is 2.22. The van der Waals surface area contributed by atoms with E-state index in [2.05, 4.69) is 17.1 Å². The van der Waals surface area contributed by atoms with Crippen LogP contribution in [0.5, 0.6) is 0 Å². The molecular weight excluding hydrogens is 334 g/mol. The maximum atomic E-state index is 12.7. The van der Waals surface area contributed by atoms with Gasteiger partial charge in [0.15, 0.2) is 0 Å². The van der Waals surface area contributed by atoms with Crippen molar-refractivity contribution in [3.05, 3.63) is 64.7 Å².